The van der Waals surface area contributed by atoms with E-state index in [9.17, 15) is 9.59 Å². The first kappa shape index (κ1) is 21.1. The molecule has 2 saturated heterocycles. The Hall–Kier alpha value is -3.15. The molecule has 6 nitrogen and oxygen atoms in total. The normalized spacial score (nSPS) is 19.8. The fourth-order valence-corrected chi connectivity index (χ4v) is 4.85. The van der Waals surface area contributed by atoms with E-state index in [0.29, 0.717) is 18.7 Å². The van der Waals surface area contributed by atoms with Gasteiger partial charge in [-0.25, -0.2) is 4.79 Å². The summed E-state index contributed by atoms with van der Waals surface area (Å²) in [5.41, 5.74) is 5.29. The first-order valence-corrected chi connectivity index (χ1v) is 11.1. The van der Waals surface area contributed by atoms with Crippen molar-refractivity contribution in [1.82, 2.24) is 15.2 Å². The van der Waals surface area contributed by atoms with Gasteiger partial charge in [0.05, 0.1) is 6.61 Å². The highest BCUT2D eigenvalue weighted by molar-refractivity contribution is 5.95. The van der Waals surface area contributed by atoms with Crippen LogP contribution in [0.4, 0.5) is 4.79 Å². The molecule has 31 heavy (non-hydrogen) atoms. The van der Waals surface area contributed by atoms with Crippen LogP contribution in [-0.4, -0.2) is 47.1 Å². The van der Waals surface area contributed by atoms with Crippen LogP contribution in [0, 0.1) is 0 Å². The van der Waals surface area contributed by atoms with Crippen LogP contribution < -0.4 is 5.32 Å². The molecule has 6 heteroatoms. The first-order chi connectivity index (χ1) is 15.1. The molecule has 0 aliphatic carbocycles. The summed E-state index contributed by atoms with van der Waals surface area (Å²) in [7, 11) is 0. The molecule has 2 bridgehead atoms. The average Bonchev–Trinajstić information content (AvgIpc) is 3.06. The van der Waals surface area contributed by atoms with Gasteiger partial charge in [-0.15, -0.1) is 0 Å². The molecule has 3 heterocycles. The van der Waals surface area contributed by atoms with Crippen LogP contribution in [-0.2, 0) is 4.74 Å². The summed E-state index contributed by atoms with van der Waals surface area (Å²) in [5.74, 6) is -0.0644. The highest BCUT2D eigenvalue weighted by Crippen LogP contribution is 2.43. The average molecular weight is 420 g/mol. The molecular weight excluding hydrogens is 390 g/mol. The number of carbonyl (C=O) groups excluding carboxylic acids is 2. The van der Waals surface area contributed by atoms with E-state index in [0.717, 1.165) is 42.4 Å². The van der Waals surface area contributed by atoms with Gasteiger partial charge in [-0.05, 0) is 68.9 Å². The second-order valence-corrected chi connectivity index (χ2v) is 8.06. The molecule has 2 aliphatic heterocycles. The van der Waals surface area contributed by atoms with Crippen LogP contribution in [0.2, 0.25) is 0 Å². The molecule has 1 aromatic carbocycles. The number of aromatic nitrogens is 1. The van der Waals surface area contributed by atoms with Crippen LogP contribution in [0.5, 0.6) is 0 Å². The third kappa shape index (κ3) is 4.33. The molecule has 2 unspecified atom stereocenters. The van der Waals surface area contributed by atoms with Gasteiger partial charge in [-0.2, -0.15) is 0 Å². The van der Waals surface area contributed by atoms with E-state index in [1.165, 1.54) is 5.57 Å². The lowest BCUT2D eigenvalue weighted by molar-refractivity contribution is 0.0814. The summed E-state index contributed by atoms with van der Waals surface area (Å²) in [5, 5.41) is 2.84. The van der Waals surface area contributed by atoms with Gasteiger partial charge in [-0.1, -0.05) is 23.8 Å². The Morgan fingerprint density at radius 1 is 1.03 bits per heavy atom. The first-order valence-electron chi connectivity index (χ1n) is 11.1. The van der Waals surface area contributed by atoms with Gasteiger partial charge in [0, 0.05) is 42.1 Å². The molecule has 2 amide bonds. The minimum atomic E-state index is -0.191. The van der Waals surface area contributed by atoms with Gasteiger partial charge in [0.2, 0.25) is 0 Å². The van der Waals surface area contributed by atoms with E-state index in [2.05, 4.69) is 16.4 Å². The lowest BCUT2D eigenvalue weighted by Gasteiger charge is -2.36. The molecule has 162 valence electrons. The Morgan fingerprint density at radius 2 is 1.71 bits per heavy atom. The molecule has 2 aliphatic rings. The van der Waals surface area contributed by atoms with E-state index in [1.54, 1.807) is 6.20 Å². The molecule has 2 fully saturated rings. The van der Waals surface area contributed by atoms with Gasteiger partial charge < -0.3 is 15.0 Å². The minimum absolute atomic E-state index is 0.0644. The predicted molar refractivity (Wildman–Crippen MR) is 120 cm³/mol. The van der Waals surface area contributed by atoms with E-state index in [4.69, 9.17) is 4.74 Å². The van der Waals surface area contributed by atoms with Crippen molar-refractivity contribution in [3.63, 3.8) is 0 Å². The summed E-state index contributed by atoms with van der Waals surface area (Å²) in [6.45, 7) is 4.76. The molecule has 1 N–H and O–H groups in total. The number of benzene rings is 1. The van der Waals surface area contributed by atoms with Crippen molar-refractivity contribution < 1.29 is 14.3 Å². The van der Waals surface area contributed by atoms with Crippen LogP contribution in [0.3, 0.4) is 0 Å². The number of carbonyl (C=O) groups is 2. The van der Waals surface area contributed by atoms with Gasteiger partial charge >= 0.3 is 6.09 Å². The number of rotatable bonds is 5. The van der Waals surface area contributed by atoms with Crippen LogP contribution in [0.1, 0.15) is 61.0 Å². The molecule has 0 radical (unpaired) electrons. The maximum atomic E-state index is 12.5. The third-order valence-electron chi connectivity index (χ3n) is 6.14. The summed E-state index contributed by atoms with van der Waals surface area (Å²) in [6, 6.07) is 12.1. The second-order valence-electron chi connectivity index (χ2n) is 8.06. The van der Waals surface area contributed by atoms with E-state index >= 15 is 0 Å². The number of ether oxygens (including phenoxy) is 1. The number of hydrogen-bond acceptors (Lipinski definition) is 4. The molecule has 1 aromatic heterocycles. The summed E-state index contributed by atoms with van der Waals surface area (Å²) >= 11 is 0. The Balaban J connectivity index is 1.70. The number of nitrogens with zero attached hydrogens (tertiary/aromatic N) is 2. The number of amides is 2. The summed E-state index contributed by atoms with van der Waals surface area (Å²) in [4.78, 5) is 30.9. The van der Waals surface area contributed by atoms with E-state index < -0.39 is 0 Å². The van der Waals surface area contributed by atoms with Crippen molar-refractivity contribution in [3.8, 4) is 0 Å². The van der Waals surface area contributed by atoms with Crippen LogP contribution in [0.25, 0.3) is 5.57 Å². The second kappa shape index (κ2) is 9.33. The Bertz CT molecular complexity index is 953. The summed E-state index contributed by atoms with van der Waals surface area (Å²) < 4.78 is 5.31. The maximum absolute atomic E-state index is 12.5. The lowest BCUT2D eigenvalue weighted by atomic mass is 9.86. The van der Waals surface area contributed by atoms with Crippen molar-refractivity contribution in [1.29, 1.82) is 0 Å². The van der Waals surface area contributed by atoms with Gasteiger partial charge in [0.15, 0.2) is 0 Å². The largest absolute Gasteiger partial charge is 0.450 e. The Kier molecular flexibility index (Phi) is 6.35. The maximum Gasteiger partial charge on any atom is 0.410 e. The smallest absolute Gasteiger partial charge is 0.410 e. The van der Waals surface area contributed by atoms with Gasteiger partial charge in [-0.3, -0.25) is 9.78 Å². The Morgan fingerprint density at radius 3 is 2.29 bits per heavy atom. The monoisotopic (exact) mass is 419 g/mol. The zero-order valence-electron chi connectivity index (χ0n) is 18.1. The number of fused-ring (bicyclic) bond motifs is 2. The number of pyridine rings is 1. The molecular formula is C25H29N3O3. The zero-order chi connectivity index (χ0) is 21.8. The van der Waals surface area contributed by atoms with E-state index in [-0.39, 0.29) is 24.1 Å². The van der Waals surface area contributed by atoms with Crippen molar-refractivity contribution in [2.24, 2.45) is 0 Å². The van der Waals surface area contributed by atoms with Gasteiger partial charge in [0.25, 0.3) is 5.91 Å². The molecule has 2 atom stereocenters. The third-order valence-corrected chi connectivity index (χ3v) is 6.14. The number of hydrogen-bond donors (Lipinski definition) is 1. The van der Waals surface area contributed by atoms with E-state index in [1.807, 2.05) is 55.3 Å². The van der Waals surface area contributed by atoms with Crippen molar-refractivity contribution in [2.45, 2.75) is 51.6 Å². The standard InChI is InChI=1S/C25H29N3O3/c1-3-27-24(29)18-9-7-17(8-10-18)23(19-6-5-13-26-16-19)20-14-21-11-12-22(15-20)28(21)25(30)31-4-2/h5-10,13,16,21-22H,3-4,11-12,14-15H2,1-2H3,(H,27,29). The van der Waals surface area contributed by atoms with Crippen molar-refractivity contribution in [2.75, 3.05) is 13.2 Å². The zero-order valence-corrected chi connectivity index (χ0v) is 18.1. The highest BCUT2D eigenvalue weighted by atomic mass is 16.6. The van der Waals surface area contributed by atoms with Crippen LogP contribution in [0.15, 0.2) is 54.4 Å². The minimum Gasteiger partial charge on any atom is -0.450 e. The fourth-order valence-electron chi connectivity index (χ4n) is 4.85. The SMILES string of the molecule is CCNC(=O)c1ccc(C(=C2CC3CCC(C2)N3C(=O)OCC)c2cccnc2)cc1. The van der Waals surface area contributed by atoms with Crippen LogP contribution >= 0.6 is 0 Å². The lowest BCUT2D eigenvalue weighted by Crippen LogP contribution is -2.45. The summed E-state index contributed by atoms with van der Waals surface area (Å²) in [6.07, 6.45) is 7.14. The quantitative estimate of drug-likeness (QED) is 0.779. The topological polar surface area (TPSA) is 71.5 Å². The number of nitrogens with one attached hydrogen (secondary N) is 1. The molecule has 0 saturated carbocycles. The Labute approximate surface area is 183 Å². The van der Waals surface area contributed by atoms with Crippen molar-refractivity contribution in [3.05, 3.63) is 71.1 Å². The number of piperidine rings is 1. The van der Waals surface area contributed by atoms with Gasteiger partial charge in [0.1, 0.15) is 0 Å². The predicted octanol–water partition coefficient (Wildman–Crippen LogP) is 4.42. The molecule has 2 aromatic rings. The fraction of sp³-hybridized carbons (Fsp3) is 0.400. The highest BCUT2D eigenvalue weighted by Gasteiger charge is 2.43. The molecule has 0 spiro atoms. The molecule has 4 rings (SSSR count). The van der Waals surface area contributed by atoms with Crippen molar-refractivity contribution >= 4 is 17.6 Å².